The maximum atomic E-state index is 6.16. The predicted octanol–water partition coefficient (Wildman–Crippen LogP) is 5.30. The molecule has 0 amide bonds. The zero-order valence-corrected chi connectivity index (χ0v) is 12.0. The Morgan fingerprint density at radius 3 is 2.25 bits per heavy atom. The van der Waals surface area contributed by atoms with E-state index in [1.165, 1.54) is 21.7 Å². The van der Waals surface area contributed by atoms with Gasteiger partial charge in [-0.15, -0.1) is 0 Å². The summed E-state index contributed by atoms with van der Waals surface area (Å²) in [6.07, 6.45) is 0. The molecule has 0 spiro atoms. The predicted molar refractivity (Wildman–Crippen MR) is 84.2 cm³/mol. The normalized spacial score (nSPS) is 12.8. The van der Waals surface area contributed by atoms with Gasteiger partial charge in [-0.05, 0) is 32.9 Å². The molecule has 2 heteroatoms. The summed E-state index contributed by atoms with van der Waals surface area (Å²) in [5.74, 6) is 0. The Kier molecular flexibility index (Phi) is 2.12. The number of benzene rings is 2. The fourth-order valence-electron chi connectivity index (χ4n) is 3.11. The molecule has 2 aromatic heterocycles. The lowest BCUT2D eigenvalue weighted by Crippen LogP contribution is -2.20. The average Bonchev–Trinajstić information content (AvgIpc) is 2.90. The fraction of sp³-hybridized carbons (Fsp3) is 0.222. The molecule has 2 nitrogen and oxygen atoms in total. The summed E-state index contributed by atoms with van der Waals surface area (Å²) in [4.78, 5) is 0. The zero-order valence-electron chi connectivity index (χ0n) is 12.0. The van der Waals surface area contributed by atoms with Crippen molar-refractivity contribution in [3.05, 3.63) is 48.5 Å². The van der Waals surface area contributed by atoms with Crippen LogP contribution >= 0.6 is 0 Å². The van der Waals surface area contributed by atoms with Crippen molar-refractivity contribution >= 4 is 33.0 Å². The molecular formula is C18H17NO. The van der Waals surface area contributed by atoms with Crippen LogP contribution in [0.15, 0.2) is 52.9 Å². The van der Waals surface area contributed by atoms with Crippen LogP contribution in [0.3, 0.4) is 0 Å². The van der Waals surface area contributed by atoms with E-state index in [1.54, 1.807) is 0 Å². The molecule has 20 heavy (non-hydrogen) atoms. The summed E-state index contributed by atoms with van der Waals surface area (Å²) in [5, 5.41) is 3.69. The number of rotatable bonds is 0. The van der Waals surface area contributed by atoms with Gasteiger partial charge in [0, 0.05) is 16.3 Å². The molecule has 0 N–H and O–H groups in total. The van der Waals surface area contributed by atoms with Crippen molar-refractivity contribution in [2.75, 3.05) is 0 Å². The Hall–Kier alpha value is -2.22. The molecule has 0 aliphatic rings. The Labute approximate surface area is 117 Å². The quantitative estimate of drug-likeness (QED) is 0.421. The zero-order chi connectivity index (χ0) is 13.9. The molecule has 0 aliphatic carbocycles. The molecule has 0 radical (unpaired) electrons. The van der Waals surface area contributed by atoms with Crippen molar-refractivity contribution in [3.8, 4) is 0 Å². The molecule has 2 heterocycles. The molecule has 100 valence electrons. The first-order valence-electron chi connectivity index (χ1n) is 6.98. The van der Waals surface area contributed by atoms with Crippen molar-refractivity contribution in [3.63, 3.8) is 0 Å². The first-order chi connectivity index (χ1) is 9.57. The highest BCUT2D eigenvalue weighted by molar-refractivity contribution is 6.19. The Morgan fingerprint density at radius 2 is 1.50 bits per heavy atom. The molecule has 0 fully saturated rings. The third kappa shape index (κ3) is 1.39. The van der Waals surface area contributed by atoms with Gasteiger partial charge in [0.15, 0.2) is 0 Å². The molecule has 0 unspecified atom stereocenters. The van der Waals surface area contributed by atoms with Crippen molar-refractivity contribution in [2.24, 2.45) is 0 Å². The van der Waals surface area contributed by atoms with E-state index in [0.717, 1.165) is 11.3 Å². The topological polar surface area (TPSA) is 18.1 Å². The van der Waals surface area contributed by atoms with Gasteiger partial charge in [0.25, 0.3) is 0 Å². The Balaban J connectivity index is 2.34. The number of hydrogen-bond donors (Lipinski definition) is 0. The molecule has 4 aromatic rings. The van der Waals surface area contributed by atoms with E-state index in [9.17, 15) is 0 Å². The van der Waals surface area contributed by atoms with Crippen LogP contribution in [-0.2, 0) is 5.54 Å². The minimum absolute atomic E-state index is 0.0186. The molecule has 4 rings (SSSR count). The van der Waals surface area contributed by atoms with Crippen LogP contribution in [0.2, 0.25) is 0 Å². The largest absolute Gasteiger partial charge is 0.439 e. The molecule has 2 aromatic carbocycles. The highest BCUT2D eigenvalue weighted by Crippen LogP contribution is 2.39. The fourth-order valence-corrected chi connectivity index (χ4v) is 3.11. The third-order valence-corrected chi connectivity index (χ3v) is 3.87. The summed E-state index contributed by atoms with van der Waals surface area (Å²) in [6, 6.07) is 16.8. The highest BCUT2D eigenvalue weighted by Gasteiger charge is 2.24. The van der Waals surface area contributed by atoms with Crippen molar-refractivity contribution < 1.29 is 4.42 Å². The monoisotopic (exact) mass is 263 g/mol. The number of hydrogen-bond acceptors (Lipinski definition) is 1. The van der Waals surface area contributed by atoms with Gasteiger partial charge < -0.3 is 8.98 Å². The van der Waals surface area contributed by atoms with Gasteiger partial charge in [-0.1, -0.05) is 36.4 Å². The number of furan rings is 1. The van der Waals surface area contributed by atoms with Crippen LogP contribution in [-0.4, -0.2) is 4.57 Å². The van der Waals surface area contributed by atoms with Crippen LogP contribution < -0.4 is 0 Å². The summed E-state index contributed by atoms with van der Waals surface area (Å²) in [5.41, 5.74) is 3.15. The summed E-state index contributed by atoms with van der Waals surface area (Å²) < 4.78 is 8.46. The number of fused-ring (bicyclic) bond motifs is 5. The standard InChI is InChI=1S/C18H17NO/c1-18(2,3)19-14-10-6-4-8-12(14)16-13-9-5-7-11-15(13)20-17(16)19/h4-11H,1-3H3. The van der Waals surface area contributed by atoms with Gasteiger partial charge in [0.2, 0.25) is 5.71 Å². The highest BCUT2D eigenvalue weighted by atomic mass is 16.3. The molecule has 0 saturated carbocycles. The van der Waals surface area contributed by atoms with E-state index < -0.39 is 0 Å². The number of aromatic nitrogens is 1. The van der Waals surface area contributed by atoms with Crippen LogP contribution in [0.5, 0.6) is 0 Å². The summed E-state index contributed by atoms with van der Waals surface area (Å²) >= 11 is 0. The van der Waals surface area contributed by atoms with Gasteiger partial charge in [-0.2, -0.15) is 0 Å². The van der Waals surface area contributed by atoms with Crippen molar-refractivity contribution in [1.29, 1.82) is 0 Å². The smallest absolute Gasteiger partial charge is 0.209 e. The second-order valence-electron chi connectivity index (χ2n) is 6.30. The lowest BCUT2D eigenvalue weighted by atomic mass is 10.1. The number of para-hydroxylation sites is 2. The lowest BCUT2D eigenvalue weighted by Gasteiger charge is -2.22. The minimum atomic E-state index is -0.0186. The first-order valence-corrected chi connectivity index (χ1v) is 6.98. The molecule has 0 aliphatic heterocycles. The molecular weight excluding hydrogens is 246 g/mol. The minimum Gasteiger partial charge on any atom is -0.439 e. The van der Waals surface area contributed by atoms with E-state index in [4.69, 9.17) is 4.42 Å². The van der Waals surface area contributed by atoms with Crippen LogP contribution in [0.4, 0.5) is 0 Å². The maximum Gasteiger partial charge on any atom is 0.209 e. The second-order valence-corrected chi connectivity index (χ2v) is 6.30. The first kappa shape index (κ1) is 11.6. The van der Waals surface area contributed by atoms with Crippen LogP contribution in [0, 0.1) is 0 Å². The lowest BCUT2D eigenvalue weighted by molar-refractivity contribution is 0.404. The van der Waals surface area contributed by atoms with Crippen LogP contribution in [0.25, 0.3) is 33.0 Å². The maximum absolute atomic E-state index is 6.16. The molecule has 0 atom stereocenters. The SMILES string of the molecule is CC(C)(C)n1c2ccccc2c2c3ccccc3oc21. The van der Waals surface area contributed by atoms with E-state index in [2.05, 4.69) is 61.7 Å². The van der Waals surface area contributed by atoms with Gasteiger partial charge in [0.05, 0.1) is 10.9 Å². The van der Waals surface area contributed by atoms with Gasteiger partial charge in [-0.3, -0.25) is 0 Å². The van der Waals surface area contributed by atoms with Gasteiger partial charge in [0.1, 0.15) is 5.58 Å². The van der Waals surface area contributed by atoms with E-state index in [0.29, 0.717) is 0 Å². The molecule has 0 saturated heterocycles. The van der Waals surface area contributed by atoms with Crippen LogP contribution in [0.1, 0.15) is 20.8 Å². The Morgan fingerprint density at radius 1 is 0.850 bits per heavy atom. The van der Waals surface area contributed by atoms with Gasteiger partial charge >= 0.3 is 0 Å². The molecule has 0 bridgehead atoms. The van der Waals surface area contributed by atoms with E-state index in [1.807, 2.05) is 12.1 Å². The van der Waals surface area contributed by atoms with E-state index in [-0.39, 0.29) is 5.54 Å². The Bertz CT molecular complexity index is 934. The average molecular weight is 263 g/mol. The van der Waals surface area contributed by atoms with E-state index >= 15 is 0 Å². The van der Waals surface area contributed by atoms with Gasteiger partial charge in [-0.25, -0.2) is 0 Å². The summed E-state index contributed by atoms with van der Waals surface area (Å²) in [6.45, 7) is 6.64. The number of nitrogens with zero attached hydrogens (tertiary/aromatic N) is 1. The van der Waals surface area contributed by atoms with Crippen molar-refractivity contribution in [1.82, 2.24) is 4.57 Å². The third-order valence-electron chi connectivity index (χ3n) is 3.87. The second kappa shape index (κ2) is 3.66. The van der Waals surface area contributed by atoms with Crippen molar-refractivity contribution in [2.45, 2.75) is 26.3 Å². The summed E-state index contributed by atoms with van der Waals surface area (Å²) in [7, 11) is 0.